The number of amides is 2. The van der Waals surface area contributed by atoms with Crippen LogP contribution < -0.4 is 4.90 Å². The highest BCUT2D eigenvalue weighted by molar-refractivity contribution is 6.00. The molecule has 0 radical (unpaired) electrons. The lowest BCUT2D eigenvalue weighted by Gasteiger charge is -2.29. The molecule has 2 saturated heterocycles. The van der Waals surface area contributed by atoms with Crippen LogP contribution in [0.25, 0.3) is 0 Å². The Morgan fingerprint density at radius 3 is 2.45 bits per heavy atom. The van der Waals surface area contributed by atoms with Crippen molar-refractivity contribution in [3.05, 3.63) is 30.3 Å². The first kappa shape index (κ1) is 13.2. The fraction of sp³-hybridized carbons (Fsp3) is 0.500. The second kappa shape index (κ2) is 5.65. The highest BCUT2D eigenvalue weighted by Crippen LogP contribution is 2.26. The molecule has 2 aliphatic rings. The third kappa shape index (κ3) is 2.55. The van der Waals surface area contributed by atoms with Crippen molar-refractivity contribution in [2.75, 3.05) is 24.5 Å². The summed E-state index contributed by atoms with van der Waals surface area (Å²) in [6, 6.07) is 9.61. The van der Waals surface area contributed by atoms with Crippen molar-refractivity contribution in [3.8, 4) is 0 Å². The zero-order chi connectivity index (χ0) is 13.9. The van der Waals surface area contributed by atoms with Crippen LogP contribution in [0.1, 0.15) is 25.7 Å². The second-order valence-electron chi connectivity index (χ2n) is 5.63. The predicted octanol–water partition coefficient (Wildman–Crippen LogP) is 2.05. The number of carbonyl (C=O) groups excluding carboxylic acids is 2. The van der Waals surface area contributed by atoms with Gasteiger partial charge in [0.1, 0.15) is 0 Å². The SMILES string of the molecule is O=C([C@H]1CC(=O)N(c2ccccc2)C1)N1CCCCC1. The number of benzene rings is 1. The molecule has 0 aromatic heterocycles. The van der Waals surface area contributed by atoms with E-state index in [2.05, 4.69) is 0 Å². The molecule has 0 aliphatic carbocycles. The zero-order valence-corrected chi connectivity index (χ0v) is 11.6. The van der Waals surface area contributed by atoms with Crippen molar-refractivity contribution in [1.29, 1.82) is 0 Å². The Balaban J connectivity index is 1.68. The number of piperidine rings is 1. The van der Waals surface area contributed by atoms with Gasteiger partial charge in [-0.3, -0.25) is 9.59 Å². The highest BCUT2D eigenvalue weighted by Gasteiger charge is 2.37. The largest absolute Gasteiger partial charge is 0.342 e. The zero-order valence-electron chi connectivity index (χ0n) is 11.6. The van der Waals surface area contributed by atoms with E-state index in [4.69, 9.17) is 0 Å². The molecule has 1 aromatic rings. The van der Waals surface area contributed by atoms with Gasteiger partial charge in [-0.05, 0) is 31.4 Å². The summed E-state index contributed by atoms with van der Waals surface area (Å²) in [5.41, 5.74) is 0.895. The van der Waals surface area contributed by atoms with Crippen molar-refractivity contribution in [2.45, 2.75) is 25.7 Å². The van der Waals surface area contributed by atoms with E-state index < -0.39 is 0 Å². The normalized spacial score (nSPS) is 23.2. The van der Waals surface area contributed by atoms with Gasteiger partial charge in [0.05, 0.1) is 5.92 Å². The van der Waals surface area contributed by atoms with E-state index in [0.29, 0.717) is 13.0 Å². The molecule has 1 aromatic carbocycles. The minimum absolute atomic E-state index is 0.0616. The maximum atomic E-state index is 12.5. The van der Waals surface area contributed by atoms with Crippen molar-refractivity contribution in [3.63, 3.8) is 0 Å². The van der Waals surface area contributed by atoms with Gasteiger partial charge in [-0.1, -0.05) is 18.2 Å². The molecule has 1 atom stereocenters. The number of hydrogen-bond donors (Lipinski definition) is 0. The quantitative estimate of drug-likeness (QED) is 0.826. The lowest BCUT2D eigenvalue weighted by molar-refractivity contribution is -0.136. The summed E-state index contributed by atoms with van der Waals surface area (Å²) in [7, 11) is 0. The van der Waals surface area contributed by atoms with E-state index in [1.165, 1.54) is 6.42 Å². The summed E-state index contributed by atoms with van der Waals surface area (Å²) in [4.78, 5) is 28.3. The van der Waals surface area contributed by atoms with E-state index in [1.54, 1.807) is 4.90 Å². The fourth-order valence-electron chi connectivity index (χ4n) is 3.10. The minimum atomic E-state index is -0.166. The molecule has 3 rings (SSSR count). The number of carbonyl (C=O) groups is 2. The van der Waals surface area contributed by atoms with E-state index >= 15 is 0 Å². The summed E-state index contributed by atoms with van der Waals surface area (Å²) >= 11 is 0. The van der Waals surface area contributed by atoms with Crippen LogP contribution in [-0.2, 0) is 9.59 Å². The molecule has 0 spiro atoms. The smallest absolute Gasteiger partial charge is 0.228 e. The van der Waals surface area contributed by atoms with Gasteiger partial charge in [0.15, 0.2) is 0 Å². The third-order valence-corrected chi connectivity index (χ3v) is 4.21. The van der Waals surface area contributed by atoms with Crippen LogP contribution in [0.5, 0.6) is 0 Å². The van der Waals surface area contributed by atoms with Gasteiger partial charge >= 0.3 is 0 Å². The summed E-state index contributed by atoms with van der Waals surface area (Å²) in [6.07, 6.45) is 3.75. The van der Waals surface area contributed by atoms with Gasteiger partial charge in [-0.25, -0.2) is 0 Å². The van der Waals surface area contributed by atoms with Crippen LogP contribution in [0.15, 0.2) is 30.3 Å². The van der Waals surface area contributed by atoms with Crippen molar-refractivity contribution < 1.29 is 9.59 Å². The Bertz CT molecular complexity index is 494. The molecule has 2 amide bonds. The van der Waals surface area contributed by atoms with Gasteiger partial charge in [0.25, 0.3) is 0 Å². The molecule has 0 N–H and O–H groups in total. The lowest BCUT2D eigenvalue weighted by atomic mass is 10.0. The first-order chi connectivity index (χ1) is 9.75. The Kier molecular flexibility index (Phi) is 3.72. The third-order valence-electron chi connectivity index (χ3n) is 4.21. The summed E-state index contributed by atoms with van der Waals surface area (Å²) in [6.45, 7) is 2.24. The molecule has 4 nitrogen and oxygen atoms in total. The first-order valence-corrected chi connectivity index (χ1v) is 7.40. The molecular formula is C16H20N2O2. The van der Waals surface area contributed by atoms with Crippen molar-refractivity contribution in [2.24, 2.45) is 5.92 Å². The number of para-hydroxylation sites is 1. The van der Waals surface area contributed by atoms with Crippen LogP contribution in [0.3, 0.4) is 0 Å². The van der Waals surface area contributed by atoms with Gasteiger partial charge < -0.3 is 9.80 Å². The van der Waals surface area contributed by atoms with Gasteiger partial charge in [-0.2, -0.15) is 0 Å². The van der Waals surface area contributed by atoms with E-state index in [9.17, 15) is 9.59 Å². The maximum absolute atomic E-state index is 12.5. The number of anilines is 1. The molecular weight excluding hydrogens is 252 g/mol. The molecule has 0 bridgehead atoms. The van der Waals surface area contributed by atoms with E-state index in [0.717, 1.165) is 31.6 Å². The Hall–Kier alpha value is -1.84. The summed E-state index contributed by atoms with van der Waals surface area (Å²) in [5, 5.41) is 0. The molecule has 4 heteroatoms. The average Bonchev–Trinajstić information content (AvgIpc) is 2.90. The fourth-order valence-corrected chi connectivity index (χ4v) is 3.10. The van der Waals surface area contributed by atoms with Gasteiger partial charge in [-0.15, -0.1) is 0 Å². The van der Waals surface area contributed by atoms with Crippen LogP contribution >= 0.6 is 0 Å². The number of hydrogen-bond acceptors (Lipinski definition) is 2. The first-order valence-electron chi connectivity index (χ1n) is 7.40. The monoisotopic (exact) mass is 272 g/mol. The standard InChI is InChI=1S/C16H20N2O2/c19-15-11-13(16(20)17-9-5-2-6-10-17)12-18(15)14-7-3-1-4-8-14/h1,3-4,7-8,13H,2,5-6,9-12H2/t13-/m0/s1. The molecule has 2 aliphatic heterocycles. The van der Waals surface area contributed by atoms with Crippen LogP contribution in [0.4, 0.5) is 5.69 Å². The predicted molar refractivity (Wildman–Crippen MR) is 77.3 cm³/mol. The Morgan fingerprint density at radius 1 is 1.05 bits per heavy atom. The van der Waals surface area contributed by atoms with Crippen molar-refractivity contribution in [1.82, 2.24) is 4.90 Å². The Labute approximate surface area is 119 Å². The average molecular weight is 272 g/mol. The topological polar surface area (TPSA) is 40.6 Å². The maximum Gasteiger partial charge on any atom is 0.228 e. The number of nitrogens with zero attached hydrogens (tertiary/aromatic N) is 2. The van der Waals surface area contributed by atoms with Crippen LogP contribution in [-0.4, -0.2) is 36.3 Å². The van der Waals surface area contributed by atoms with Crippen molar-refractivity contribution >= 4 is 17.5 Å². The molecule has 2 fully saturated rings. The lowest BCUT2D eigenvalue weighted by Crippen LogP contribution is -2.40. The highest BCUT2D eigenvalue weighted by atomic mass is 16.2. The molecule has 0 unspecified atom stereocenters. The number of likely N-dealkylation sites (tertiary alicyclic amines) is 1. The molecule has 2 heterocycles. The molecule has 106 valence electrons. The van der Waals surface area contributed by atoms with Crippen LogP contribution in [0, 0.1) is 5.92 Å². The summed E-state index contributed by atoms with van der Waals surface area (Å²) < 4.78 is 0. The molecule has 0 saturated carbocycles. The Morgan fingerprint density at radius 2 is 1.75 bits per heavy atom. The van der Waals surface area contributed by atoms with E-state index in [-0.39, 0.29) is 17.7 Å². The van der Waals surface area contributed by atoms with Crippen LogP contribution in [0.2, 0.25) is 0 Å². The molecule has 20 heavy (non-hydrogen) atoms. The van der Waals surface area contributed by atoms with Gasteiger partial charge in [0, 0.05) is 31.7 Å². The van der Waals surface area contributed by atoms with Gasteiger partial charge in [0.2, 0.25) is 11.8 Å². The number of rotatable bonds is 2. The second-order valence-corrected chi connectivity index (χ2v) is 5.63. The minimum Gasteiger partial charge on any atom is -0.342 e. The summed E-state index contributed by atoms with van der Waals surface area (Å²) in [5.74, 6) is 0.0591. The van der Waals surface area contributed by atoms with E-state index in [1.807, 2.05) is 35.2 Å².